The normalized spacial score (nSPS) is 12.4. The third-order valence-electron chi connectivity index (χ3n) is 4.30. The second-order valence-corrected chi connectivity index (χ2v) is 16.4. The average molecular weight is 301 g/mol. The summed E-state index contributed by atoms with van der Waals surface area (Å²) in [4.78, 5) is 8.28. The van der Waals surface area contributed by atoms with E-state index in [9.17, 15) is 0 Å². The van der Waals surface area contributed by atoms with Crippen LogP contribution in [-0.2, 0) is 0 Å². The van der Waals surface area contributed by atoms with Gasteiger partial charge in [0.2, 0.25) is 0 Å². The Bertz CT molecular complexity index is 487. The predicted molar refractivity (Wildman–Crippen MR) is 92.3 cm³/mol. The summed E-state index contributed by atoms with van der Waals surface area (Å²) in [7, 11) is -2.69. The van der Waals surface area contributed by atoms with E-state index in [2.05, 4.69) is 60.4 Å². The Balaban J connectivity index is 2.08. The molecule has 0 aliphatic heterocycles. The van der Waals surface area contributed by atoms with Crippen molar-refractivity contribution in [3.05, 3.63) is 49.1 Å². The molecule has 106 valence electrons. The van der Waals surface area contributed by atoms with Crippen LogP contribution in [0.4, 0.5) is 0 Å². The van der Waals surface area contributed by atoms with Gasteiger partial charge in [0.25, 0.3) is 0 Å². The van der Waals surface area contributed by atoms with Crippen molar-refractivity contribution in [1.29, 1.82) is 0 Å². The zero-order valence-corrected chi connectivity index (χ0v) is 14.9. The Morgan fingerprint density at radius 1 is 0.650 bits per heavy atom. The van der Waals surface area contributed by atoms with Crippen molar-refractivity contribution in [3.63, 3.8) is 0 Å². The molecule has 0 fully saturated rings. The molecular formula is C16H24N2Si2. The van der Waals surface area contributed by atoms with Gasteiger partial charge in [0.15, 0.2) is 0 Å². The number of hydrogen-bond acceptors (Lipinski definition) is 2. The lowest BCUT2D eigenvalue weighted by atomic mass is 10.5. The van der Waals surface area contributed by atoms with Gasteiger partial charge in [0.1, 0.15) is 0 Å². The molecule has 2 aromatic rings. The third-order valence-corrected chi connectivity index (χ3v) is 11.6. The fraction of sp³-hybridized carbons (Fsp3) is 0.375. The minimum Gasteiger partial charge on any atom is -0.265 e. The molecule has 0 aliphatic carbocycles. The van der Waals surface area contributed by atoms with E-state index in [1.165, 1.54) is 22.5 Å². The zero-order chi connectivity index (χ0) is 14.6. The second kappa shape index (κ2) is 6.01. The van der Waals surface area contributed by atoms with E-state index >= 15 is 0 Å². The van der Waals surface area contributed by atoms with Gasteiger partial charge in [-0.15, -0.1) is 0 Å². The lowest BCUT2D eigenvalue weighted by molar-refractivity contribution is 1.28. The summed E-state index contributed by atoms with van der Waals surface area (Å²) in [5.74, 6) is 0. The maximum Gasteiger partial charge on any atom is 0.0805 e. The number of pyridine rings is 2. The second-order valence-electron chi connectivity index (χ2n) is 6.74. The summed E-state index contributed by atoms with van der Waals surface area (Å²) in [5.41, 5.74) is 0. The van der Waals surface area contributed by atoms with Crippen molar-refractivity contribution >= 4 is 26.5 Å². The molecule has 0 unspecified atom stereocenters. The first-order valence-electron chi connectivity index (χ1n) is 7.23. The topological polar surface area (TPSA) is 25.8 Å². The van der Waals surface area contributed by atoms with Crippen LogP contribution in [0.15, 0.2) is 49.1 Å². The van der Waals surface area contributed by atoms with Crippen molar-refractivity contribution in [1.82, 2.24) is 9.97 Å². The maximum absolute atomic E-state index is 4.14. The van der Waals surface area contributed by atoms with Crippen LogP contribution in [0.2, 0.25) is 38.3 Å². The first-order chi connectivity index (χ1) is 9.42. The van der Waals surface area contributed by atoms with Crippen LogP contribution in [-0.4, -0.2) is 26.1 Å². The molecule has 0 N–H and O–H groups in total. The van der Waals surface area contributed by atoms with Crippen LogP contribution in [0.25, 0.3) is 0 Å². The van der Waals surface area contributed by atoms with E-state index in [0.717, 1.165) is 0 Å². The molecule has 0 saturated carbocycles. The van der Waals surface area contributed by atoms with Gasteiger partial charge in [0.05, 0.1) is 16.1 Å². The molecule has 0 spiro atoms. The van der Waals surface area contributed by atoms with Gasteiger partial charge in [-0.1, -0.05) is 48.6 Å². The number of aromatic nitrogens is 2. The first-order valence-corrected chi connectivity index (χ1v) is 13.6. The minimum atomic E-state index is -1.34. The van der Waals surface area contributed by atoms with Crippen LogP contribution in [0.5, 0.6) is 0 Å². The van der Waals surface area contributed by atoms with Gasteiger partial charge in [0, 0.05) is 24.8 Å². The quantitative estimate of drug-likeness (QED) is 0.793. The average Bonchev–Trinajstić information content (AvgIpc) is 2.47. The molecule has 2 heterocycles. The molecule has 0 bridgehead atoms. The van der Waals surface area contributed by atoms with Crippen molar-refractivity contribution in [2.75, 3.05) is 0 Å². The Hall–Kier alpha value is -1.27. The van der Waals surface area contributed by atoms with Gasteiger partial charge in [-0.2, -0.15) is 0 Å². The Morgan fingerprint density at radius 3 is 1.25 bits per heavy atom. The standard InChI is InChI=1S/C16H24N2Si2/c1-19(2,15-5-9-17-10-6-15)13-14-20(3,4)16-7-11-18-12-8-16/h5-12H,13-14H2,1-4H3. The van der Waals surface area contributed by atoms with E-state index < -0.39 is 16.1 Å². The Morgan fingerprint density at radius 2 is 0.950 bits per heavy atom. The lowest BCUT2D eigenvalue weighted by Gasteiger charge is -2.29. The van der Waals surface area contributed by atoms with E-state index in [4.69, 9.17) is 0 Å². The molecule has 2 nitrogen and oxygen atoms in total. The van der Waals surface area contributed by atoms with Crippen LogP contribution < -0.4 is 10.4 Å². The third kappa shape index (κ3) is 3.64. The molecule has 0 aliphatic rings. The summed E-state index contributed by atoms with van der Waals surface area (Å²) in [5, 5.41) is 3.04. The highest BCUT2D eigenvalue weighted by atomic mass is 28.3. The summed E-state index contributed by atoms with van der Waals surface area (Å²) in [6.45, 7) is 9.89. The molecule has 2 rings (SSSR count). The monoisotopic (exact) mass is 300 g/mol. The van der Waals surface area contributed by atoms with Crippen LogP contribution in [0.1, 0.15) is 0 Å². The fourth-order valence-electron chi connectivity index (χ4n) is 2.52. The molecule has 0 atom stereocenters. The van der Waals surface area contributed by atoms with E-state index in [1.807, 2.05) is 24.8 Å². The highest BCUT2D eigenvalue weighted by Gasteiger charge is 2.29. The van der Waals surface area contributed by atoms with E-state index in [1.54, 1.807) is 0 Å². The summed E-state index contributed by atoms with van der Waals surface area (Å²) in [6, 6.07) is 11.5. The van der Waals surface area contributed by atoms with Crippen LogP contribution >= 0.6 is 0 Å². The Kier molecular flexibility index (Phi) is 4.55. The highest BCUT2D eigenvalue weighted by molar-refractivity contribution is 6.94. The molecular weight excluding hydrogens is 276 g/mol. The number of hydrogen-bond donors (Lipinski definition) is 0. The van der Waals surface area contributed by atoms with Gasteiger partial charge in [-0.05, 0) is 24.3 Å². The molecule has 20 heavy (non-hydrogen) atoms. The fourth-order valence-corrected chi connectivity index (χ4v) is 10.2. The number of nitrogens with zero attached hydrogens (tertiary/aromatic N) is 2. The maximum atomic E-state index is 4.14. The summed E-state index contributed by atoms with van der Waals surface area (Å²) < 4.78 is 0. The van der Waals surface area contributed by atoms with Crippen molar-refractivity contribution in [2.45, 2.75) is 38.3 Å². The molecule has 2 aromatic heterocycles. The van der Waals surface area contributed by atoms with Crippen molar-refractivity contribution < 1.29 is 0 Å². The smallest absolute Gasteiger partial charge is 0.0805 e. The van der Waals surface area contributed by atoms with Crippen molar-refractivity contribution in [2.24, 2.45) is 0 Å². The van der Waals surface area contributed by atoms with Crippen LogP contribution in [0.3, 0.4) is 0 Å². The minimum absolute atomic E-state index is 1.34. The Labute approximate surface area is 124 Å². The van der Waals surface area contributed by atoms with E-state index in [0.29, 0.717) is 0 Å². The van der Waals surface area contributed by atoms with Gasteiger partial charge < -0.3 is 0 Å². The molecule has 0 saturated heterocycles. The molecule has 0 amide bonds. The van der Waals surface area contributed by atoms with Crippen molar-refractivity contribution in [3.8, 4) is 0 Å². The predicted octanol–water partition coefficient (Wildman–Crippen LogP) is 3.01. The molecule has 4 heteroatoms. The van der Waals surface area contributed by atoms with Crippen LogP contribution in [0, 0.1) is 0 Å². The van der Waals surface area contributed by atoms with Gasteiger partial charge >= 0.3 is 0 Å². The molecule has 0 aromatic carbocycles. The largest absolute Gasteiger partial charge is 0.265 e. The SMILES string of the molecule is C[Si](C)(CC[Si](C)(C)c1ccncc1)c1ccncc1. The number of rotatable bonds is 5. The van der Waals surface area contributed by atoms with E-state index in [-0.39, 0.29) is 0 Å². The lowest BCUT2D eigenvalue weighted by Crippen LogP contribution is -2.47. The summed E-state index contributed by atoms with van der Waals surface area (Å²) >= 11 is 0. The van der Waals surface area contributed by atoms with Gasteiger partial charge in [-0.25, -0.2) is 0 Å². The van der Waals surface area contributed by atoms with Gasteiger partial charge in [-0.3, -0.25) is 9.97 Å². The first kappa shape index (κ1) is 15.1. The summed E-state index contributed by atoms with van der Waals surface area (Å²) in [6.07, 6.45) is 7.70. The highest BCUT2D eigenvalue weighted by Crippen LogP contribution is 2.20. The zero-order valence-electron chi connectivity index (χ0n) is 12.9. The molecule has 0 radical (unpaired) electrons.